The largest absolute Gasteiger partial charge is 0.496 e. The van der Waals surface area contributed by atoms with Gasteiger partial charge in [-0.3, -0.25) is 14.4 Å². The summed E-state index contributed by atoms with van der Waals surface area (Å²) in [7, 11) is 1.58. The minimum atomic E-state index is -1.10. The van der Waals surface area contributed by atoms with E-state index in [0.717, 1.165) is 43.0 Å². The summed E-state index contributed by atoms with van der Waals surface area (Å²) < 4.78 is 5.41. The summed E-state index contributed by atoms with van der Waals surface area (Å²) in [5.74, 6) is 0.347. The van der Waals surface area contributed by atoms with Crippen LogP contribution in [0.15, 0.2) is 24.3 Å². The number of hydrogen-bond acceptors (Lipinski definition) is 5. The number of fused-ring (bicyclic) bond motifs is 4. The molecule has 0 radical (unpaired) electrons. The number of carbonyl (C=O) groups is 3. The molecule has 1 aromatic carbocycles. The van der Waals surface area contributed by atoms with Crippen LogP contribution in [0, 0.1) is 40.9 Å². The fraction of sp³-hybridized carbons (Fsp3) is 0.571. The van der Waals surface area contributed by atoms with Crippen LogP contribution in [0.5, 0.6) is 5.75 Å². The minimum absolute atomic E-state index is 0.00699. The van der Waals surface area contributed by atoms with Gasteiger partial charge in [-0.25, -0.2) is 0 Å². The first kappa shape index (κ1) is 23.8. The first-order valence-corrected chi connectivity index (χ1v) is 13.4. The third-order valence-corrected chi connectivity index (χ3v) is 9.14. The molecule has 4 saturated carbocycles. The predicted octanol–water partition coefficient (Wildman–Crippen LogP) is 2.64. The Balaban J connectivity index is 1.24. The van der Waals surface area contributed by atoms with E-state index in [1.165, 1.54) is 0 Å². The Kier molecular flexibility index (Phi) is 5.85. The number of rotatable bonds is 7. The van der Waals surface area contributed by atoms with Gasteiger partial charge in [0.25, 0.3) is 5.91 Å². The molecule has 3 amide bonds. The fourth-order valence-corrected chi connectivity index (χ4v) is 7.15. The van der Waals surface area contributed by atoms with E-state index in [2.05, 4.69) is 27.0 Å². The molecule has 4 aliphatic carbocycles. The molecule has 9 nitrogen and oxygen atoms in total. The second kappa shape index (κ2) is 9.09. The highest BCUT2D eigenvalue weighted by atomic mass is 16.5. The SMILES string of the molecule is COc1cccc2[nH]c(C(=O)N[C@@H](CC3CC3)C(=O)N[C@@]3(C#N)C[C@@H]4CCC[C@H]3[C@H]3C(=O)NC[C@H]43)cc12. The number of aromatic nitrogens is 1. The molecular weight excluding hydrogens is 470 g/mol. The Bertz CT molecular complexity index is 1290. The topological polar surface area (TPSA) is 136 Å². The number of nitrogens with zero attached hydrogens (tertiary/aromatic N) is 1. The second-order valence-corrected chi connectivity index (χ2v) is 11.3. The number of amides is 3. The molecule has 1 saturated heterocycles. The van der Waals surface area contributed by atoms with Gasteiger partial charge < -0.3 is 25.7 Å². The van der Waals surface area contributed by atoms with E-state index in [1.807, 2.05) is 18.2 Å². The summed E-state index contributed by atoms with van der Waals surface area (Å²) in [5, 5.41) is 20.2. The maximum Gasteiger partial charge on any atom is 0.268 e. The Hall–Kier alpha value is -3.54. The lowest BCUT2D eigenvalue weighted by Gasteiger charge is -2.46. The smallest absolute Gasteiger partial charge is 0.268 e. The van der Waals surface area contributed by atoms with E-state index >= 15 is 0 Å². The molecule has 6 atom stereocenters. The predicted molar refractivity (Wildman–Crippen MR) is 135 cm³/mol. The van der Waals surface area contributed by atoms with E-state index in [9.17, 15) is 19.6 Å². The van der Waals surface area contributed by atoms with Crippen molar-refractivity contribution >= 4 is 28.6 Å². The third-order valence-electron chi connectivity index (χ3n) is 9.14. The van der Waals surface area contributed by atoms with Crippen molar-refractivity contribution in [3.8, 4) is 11.8 Å². The number of carbonyl (C=O) groups excluding carboxylic acids is 3. The van der Waals surface area contributed by atoms with Crippen LogP contribution in [-0.4, -0.2) is 47.9 Å². The van der Waals surface area contributed by atoms with Crippen molar-refractivity contribution in [2.45, 2.75) is 56.5 Å². The van der Waals surface area contributed by atoms with Gasteiger partial charge in [-0.05, 0) is 61.6 Å². The van der Waals surface area contributed by atoms with Gasteiger partial charge in [0.05, 0.1) is 13.2 Å². The molecule has 4 N–H and O–H groups in total. The molecule has 2 aromatic rings. The maximum absolute atomic E-state index is 13.7. The number of methoxy groups -OCH3 is 1. The Morgan fingerprint density at radius 2 is 2.11 bits per heavy atom. The number of nitrogens with one attached hydrogen (secondary N) is 4. The Morgan fingerprint density at radius 3 is 2.86 bits per heavy atom. The summed E-state index contributed by atoms with van der Waals surface area (Å²) in [6.45, 7) is 0.662. The van der Waals surface area contributed by atoms with Crippen LogP contribution in [0.1, 0.15) is 55.4 Å². The van der Waals surface area contributed by atoms with Crippen LogP contribution < -0.4 is 20.7 Å². The molecule has 5 fully saturated rings. The highest BCUT2D eigenvalue weighted by Gasteiger charge is 2.59. The van der Waals surface area contributed by atoms with E-state index in [0.29, 0.717) is 36.7 Å². The van der Waals surface area contributed by atoms with Gasteiger partial charge >= 0.3 is 0 Å². The van der Waals surface area contributed by atoms with Crippen LogP contribution in [0.3, 0.4) is 0 Å². The number of benzene rings is 1. The number of ether oxygens (including phenoxy) is 1. The van der Waals surface area contributed by atoms with Crippen LogP contribution in [0.4, 0.5) is 0 Å². The van der Waals surface area contributed by atoms with Crippen LogP contribution in [0.25, 0.3) is 10.9 Å². The summed E-state index contributed by atoms with van der Waals surface area (Å²) in [5.41, 5.74) is 0.0272. The van der Waals surface area contributed by atoms with Crippen LogP contribution in [0.2, 0.25) is 0 Å². The van der Waals surface area contributed by atoms with Gasteiger partial charge in [-0.15, -0.1) is 0 Å². The minimum Gasteiger partial charge on any atom is -0.496 e. The van der Waals surface area contributed by atoms with Gasteiger partial charge in [0.2, 0.25) is 11.8 Å². The lowest BCUT2D eigenvalue weighted by atomic mass is 9.60. The Labute approximate surface area is 215 Å². The van der Waals surface area contributed by atoms with Crippen molar-refractivity contribution in [2.75, 3.05) is 13.7 Å². The molecule has 2 heterocycles. The second-order valence-electron chi connectivity index (χ2n) is 11.3. The lowest BCUT2D eigenvalue weighted by molar-refractivity contribution is -0.131. The van der Waals surface area contributed by atoms with Crippen LogP contribution in [-0.2, 0) is 9.59 Å². The maximum atomic E-state index is 13.7. The van der Waals surface area contributed by atoms with Crippen molar-refractivity contribution in [1.82, 2.24) is 20.9 Å². The average molecular weight is 504 g/mol. The molecule has 0 unspecified atom stereocenters. The fourth-order valence-electron chi connectivity index (χ4n) is 7.15. The zero-order valence-corrected chi connectivity index (χ0v) is 21.0. The summed E-state index contributed by atoms with van der Waals surface area (Å²) in [4.78, 5) is 42.9. The summed E-state index contributed by atoms with van der Waals surface area (Å²) in [6.07, 6.45) is 5.82. The molecule has 5 aliphatic rings. The van der Waals surface area contributed by atoms with E-state index in [-0.39, 0.29) is 41.4 Å². The monoisotopic (exact) mass is 503 g/mol. The quantitative estimate of drug-likeness (QED) is 0.461. The van der Waals surface area contributed by atoms with E-state index < -0.39 is 11.6 Å². The first-order chi connectivity index (χ1) is 17.9. The molecule has 9 heteroatoms. The molecule has 2 bridgehead atoms. The molecule has 1 aliphatic heterocycles. The Morgan fingerprint density at radius 1 is 1.27 bits per heavy atom. The number of H-pyrrole nitrogens is 1. The van der Waals surface area contributed by atoms with Gasteiger partial charge in [-0.2, -0.15) is 5.26 Å². The number of aromatic amines is 1. The normalized spacial score (nSPS) is 31.1. The highest BCUT2D eigenvalue weighted by Crippen LogP contribution is 2.53. The number of hydrogen-bond donors (Lipinski definition) is 4. The highest BCUT2D eigenvalue weighted by molar-refractivity contribution is 6.01. The van der Waals surface area contributed by atoms with Gasteiger partial charge in [-0.1, -0.05) is 25.3 Å². The first-order valence-electron chi connectivity index (χ1n) is 13.4. The molecule has 7 rings (SSSR count). The summed E-state index contributed by atoms with van der Waals surface area (Å²) in [6, 6.07) is 8.97. The molecule has 194 valence electrons. The van der Waals surface area contributed by atoms with Crippen LogP contribution >= 0.6 is 0 Å². The van der Waals surface area contributed by atoms with Crippen molar-refractivity contribution in [3.05, 3.63) is 30.0 Å². The zero-order valence-electron chi connectivity index (χ0n) is 21.0. The molecule has 37 heavy (non-hydrogen) atoms. The standard InChI is InChI=1S/C28H33N5O4/c1-37-23-7-3-6-20-17(23)11-22(31-20)25(34)32-21(10-15-8-9-15)26(35)33-28(14-29)12-16-4-2-5-19(28)24-18(16)13-30-27(24)36/h3,6-7,11,15-16,18-19,21,24,31H,2,4-5,8-10,12-13H2,1H3,(H,30,36)(H,32,34)(H,33,35)/t16-,18+,19-,21-,24-,28+/m0/s1. The molecule has 0 spiro atoms. The van der Waals surface area contributed by atoms with E-state index in [1.54, 1.807) is 13.2 Å². The lowest BCUT2D eigenvalue weighted by Crippen LogP contribution is -2.63. The molecular formula is C28H33N5O4. The van der Waals surface area contributed by atoms with E-state index in [4.69, 9.17) is 4.74 Å². The van der Waals surface area contributed by atoms with Crippen molar-refractivity contribution in [2.24, 2.45) is 29.6 Å². The third kappa shape index (κ3) is 4.12. The van der Waals surface area contributed by atoms with Crippen molar-refractivity contribution in [3.63, 3.8) is 0 Å². The summed E-state index contributed by atoms with van der Waals surface area (Å²) >= 11 is 0. The van der Waals surface area contributed by atoms with Gasteiger partial charge in [0.1, 0.15) is 23.0 Å². The van der Waals surface area contributed by atoms with Crippen molar-refractivity contribution in [1.29, 1.82) is 5.26 Å². The number of nitriles is 1. The average Bonchev–Trinajstić information content (AvgIpc) is 3.57. The zero-order chi connectivity index (χ0) is 25.7. The van der Waals surface area contributed by atoms with Gasteiger partial charge in [0.15, 0.2) is 0 Å². The van der Waals surface area contributed by atoms with Gasteiger partial charge in [0, 0.05) is 29.3 Å². The molecule has 1 aromatic heterocycles. The van der Waals surface area contributed by atoms with Crippen molar-refractivity contribution < 1.29 is 19.1 Å².